The van der Waals surface area contributed by atoms with Crippen LogP contribution in [0.15, 0.2) is 0 Å². The molecule has 9 nitrogen and oxygen atoms in total. The Balaban J connectivity index is 1.50. The first-order chi connectivity index (χ1) is 19.1. The van der Waals surface area contributed by atoms with Crippen molar-refractivity contribution >= 4 is 23.6 Å². The van der Waals surface area contributed by atoms with Crippen LogP contribution < -0.4 is 16.0 Å². The van der Waals surface area contributed by atoms with Gasteiger partial charge in [-0.15, -0.1) is 0 Å². The number of alkyl halides is 3. The van der Waals surface area contributed by atoms with Crippen molar-refractivity contribution in [3.63, 3.8) is 0 Å². The zero-order valence-electron chi connectivity index (χ0n) is 24.1. The maximum absolute atomic E-state index is 13.8. The molecule has 5 atom stereocenters. The summed E-state index contributed by atoms with van der Waals surface area (Å²) in [6.45, 7) is 4.87. The lowest BCUT2D eigenvalue weighted by molar-refractivity contribution is -0.176. The lowest BCUT2D eigenvalue weighted by Gasteiger charge is -2.36. The SMILES string of the molecule is CC(C)(C)C(NC(=O)C(F)(F)F)C(=O)N1CC(C2CCCCC2)CC1C(=O)NC(C#N)CC1CCC2(CC2)NC1=O. The summed E-state index contributed by atoms with van der Waals surface area (Å²) >= 11 is 0. The van der Waals surface area contributed by atoms with Gasteiger partial charge >= 0.3 is 12.1 Å². The molecule has 2 saturated heterocycles. The summed E-state index contributed by atoms with van der Waals surface area (Å²) in [5.74, 6) is -3.79. The Hall–Kier alpha value is -2.84. The summed E-state index contributed by atoms with van der Waals surface area (Å²) in [4.78, 5) is 53.2. The summed E-state index contributed by atoms with van der Waals surface area (Å²) in [5, 5.41) is 17.5. The average molecular weight is 582 g/mol. The van der Waals surface area contributed by atoms with Gasteiger partial charge in [0.1, 0.15) is 18.1 Å². The molecule has 0 aromatic rings. The highest BCUT2D eigenvalue weighted by atomic mass is 19.4. The van der Waals surface area contributed by atoms with Crippen molar-refractivity contribution in [3.8, 4) is 6.07 Å². The molecule has 0 aromatic carbocycles. The standard InChI is InChI=1S/C29H42F3N5O4/c1-27(2,3)22(35-26(41)29(30,31)32)25(40)37-16-19(17-7-5-4-6-8-17)14-21(37)24(39)34-20(15-33)13-18-9-10-28(11-12-28)36-23(18)38/h17-22H,4-14,16H2,1-3H3,(H,34,39)(H,35,41)(H,36,38). The number of carbonyl (C=O) groups is 4. The van der Waals surface area contributed by atoms with E-state index in [-0.39, 0.29) is 36.2 Å². The maximum atomic E-state index is 13.8. The molecule has 0 aromatic heterocycles. The van der Waals surface area contributed by atoms with Crippen LogP contribution >= 0.6 is 0 Å². The van der Waals surface area contributed by atoms with Crippen molar-refractivity contribution in [1.29, 1.82) is 5.26 Å². The third-order valence-electron chi connectivity index (χ3n) is 9.46. The molecule has 2 aliphatic carbocycles. The molecule has 228 valence electrons. The van der Waals surface area contributed by atoms with Crippen LogP contribution in [0.4, 0.5) is 13.2 Å². The largest absolute Gasteiger partial charge is 0.471 e. The summed E-state index contributed by atoms with van der Waals surface area (Å²) < 4.78 is 39.4. The van der Waals surface area contributed by atoms with Crippen LogP contribution in [0.5, 0.6) is 0 Å². The van der Waals surface area contributed by atoms with Crippen LogP contribution in [0, 0.1) is 34.5 Å². The molecule has 2 aliphatic heterocycles. The Morgan fingerprint density at radius 3 is 2.24 bits per heavy atom. The summed E-state index contributed by atoms with van der Waals surface area (Å²) in [5.41, 5.74) is -1.16. The molecule has 4 aliphatic rings. The molecule has 0 bridgehead atoms. The number of hydrogen-bond acceptors (Lipinski definition) is 5. The predicted octanol–water partition coefficient (Wildman–Crippen LogP) is 3.33. The van der Waals surface area contributed by atoms with Crippen molar-refractivity contribution in [2.75, 3.05) is 6.54 Å². The number of carbonyl (C=O) groups excluding carboxylic acids is 4. The predicted molar refractivity (Wildman–Crippen MR) is 143 cm³/mol. The number of halogens is 3. The minimum atomic E-state index is -5.17. The molecule has 2 saturated carbocycles. The van der Waals surface area contributed by atoms with E-state index in [4.69, 9.17) is 0 Å². The fourth-order valence-electron chi connectivity index (χ4n) is 6.79. The van der Waals surface area contributed by atoms with Gasteiger partial charge in [-0.05, 0) is 55.8 Å². The van der Waals surface area contributed by atoms with Crippen molar-refractivity contribution in [2.45, 2.75) is 121 Å². The monoisotopic (exact) mass is 581 g/mol. The molecule has 4 amide bonds. The van der Waals surface area contributed by atoms with Crippen LogP contribution in [-0.2, 0) is 19.2 Å². The number of likely N-dealkylation sites (tertiary alicyclic amines) is 1. The summed E-state index contributed by atoms with van der Waals surface area (Å²) in [6, 6.07) is -1.39. The smallest absolute Gasteiger partial charge is 0.350 e. The van der Waals surface area contributed by atoms with Gasteiger partial charge < -0.3 is 20.9 Å². The fraction of sp³-hybridized carbons (Fsp3) is 0.828. The number of nitrogens with zero attached hydrogens (tertiary/aromatic N) is 2. The van der Waals surface area contributed by atoms with Gasteiger partial charge in [0.2, 0.25) is 17.7 Å². The van der Waals surface area contributed by atoms with Crippen LogP contribution in [-0.4, -0.2) is 64.9 Å². The molecule has 2 heterocycles. The lowest BCUT2D eigenvalue weighted by Crippen LogP contribution is -2.59. The van der Waals surface area contributed by atoms with Gasteiger partial charge in [-0.1, -0.05) is 52.9 Å². The molecular formula is C29H42F3N5O4. The van der Waals surface area contributed by atoms with Gasteiger partial charge in [0.25, 0.3) is 0 Å². The van der Waals surface area contributed by atoms with Crippen molar-refractivity contribution in [2.24, 2.45) is 23.2 Å². The Morgan fingerprint density at radius 1 is 1.05 bits per heavy atom. The third kappa shape index (κ3) is 7.33. The molecule has 3 N–H and O–H groups in total. The Morgan fingerprint density at radius 2 is 1.71 bits per heavy atom. The summed E-state index contributed by atoms with van der Waals surface area (Å²) in [7, 11) is 0. The average Bonchev–Trinajstić information content (AvgIpc) is 3.49. The van der Waals surface area contributed by atoms with Crippen LogP contribution in [0.25, 0.3) is 0 Å². The highest BCUT2D eigenvalue weighted by Crippen LogP contribution is 2.44. The van der Waals surface area contributed by atoms with Gasteiger partial charge in [0.05, 0.1) is 6.07 Å². The summed E-state index contributed by atoms with van der Waals surface area (Å²) in [6.07, 6.45) is 3.78. The highest BCUT2D eigenvalue weighted by Gasteiger charge is 2.50. The lowest BCUT2D eigenvalue weighted by atomic mass is 9.79. The van der Waals surface area contributed by atoms with Crippen LogP contribution in [0.3, 0.4) is 0 Å². The molecule has 0 radical (unpaired) electrons. The minimum absolute atomic E-state index is 0.0201. The van der Waals surface area contributed by atoms with E-state index in [1.807, 2.05) is 5.32 Å². The zero-order valence-corrected chi connectivity index (χ0v) is 24.1. The first-order valence-corrected chi connectivity index (χ1v) is 14.8. The molecule has 41 heavy (non-hydrogen) atoms. The minimum Gasteiger partial charge on any atom is -0.350 e. The zero-order chi connectivity index (χ0) is 30.2. The second-order valence-electron chi connectivity index (χ2n) is 13.6. The quantitative estimate of drug-likeness (QED) is 0.425. The van der Waals surface area contributed by atoms with Crippen molar-refractivity contribution in [3.05, 3.63) is 0 Å². The van der Waals surface area contributed by atoms with Crippen LogP contribution in [0.1, 0.15) is 91.4 Å². The van der Waals surface area contributed by atoms with Gasteiger partial charge in [-0.2, -0.15) is 18.4 Å². The van der Waals surface area contributed by atoms with Crippen molar-refractivity contribution in [1.82, 2.24) is 20.9 Å². The number of nitrogens with one attached hydrogen (secondary N) is 3. The Kier molecular flexibility index (Phi) is 8.95. The number of nitriles is 1. The Bertz CT molecular complexity index is 1070. The fourth-order valence-corrected chi connectivity index (χ4v) is 6.79. The van der Waals surface area contributed by atoms with Crippen molar-refractivity contribution < 1.29 is 32.3 Å². The maximum Gasteiger partial charge on any atom is 0.471 e. The number of rotatable bonds is 7. The second-order valence-corrected chi connectivity index (χ2v) is 13.6. The van der Waals surface area contributed by atoms with E-state index in [2.05, 4.69) is 16.7 Å². The topological polar surface area (TPSA) is 131 Å². The molecule has 5 unspecified atom stereocenters. The van der Waals surface area contributed by atoms with E-state index in [1.54, 1.807) is 20.8 Å². The van der Waals surface area contributed by atoms with E-state index in [1.165, 1.54) is 4.90 Å². The third-order valence-corrected chi connectivity index (χ3v) is 9.46. The van der Waals surface area contributed by atoms with E-state index in [0.29, 0.717) is 12.8 Å². The number of amides is 4. The van der Waals surface area contributed by atoms with Gasteiger partial charge in [0, 0.05) is 18.0 Å². The molecule has 1 spiro atoms. The van der Waals surface area contributed by atoms with Gasteiger partial charge in [-0.3, -0.25) is 19.2 Å². The normalized spacial score (nSPS) is 27.9. The second kappa shape index (κ2) is 11.8. The van der Waals surface area contributed by atoms with Gasteiger partial charge in [0.15, 0.2) is 0 Å². The first kappa shape index (κ1) is 31.1. The molecular weight excluding hydrogens is 539 g/mol. The van der Waals surface area contributed by atoms with Gasteiger partial charge in [-0.25, -0.2) is 0 Å². The molecule has 4 rings (SSSR count). The molecule has 12 heteroatoms. The Labute approximate surface area is 239 Å². The number of piperidine rings is 1. The van der Waals surface area contributed by atoms with E-state index in [9.17, 15) is 37.6 Å². The van der Waals surface area contributed by atoms with E-state index >= 15 is 0 Å². The molecule has 4 fully saturated rings. The first-order valence-electron chi connectivity index (χ1n) is 14.8. The highest BCUT2D eigenvalue weighted by molar-refractivity contribution is 5.94. The van der Waals surface area contributed by atoms with E-state index < -0.39 is 53.4 Å². The number of hydrogen-bond donors (Lipinski definition) is 3. The van der Waals surface area contributed by atoms with E-state index in [0.717, 1.165) is 51.4 Å². The van der Waals surface area contributed by atoms with Crippen LogP contribution in [0.2, 0.25) is 0 Å².